The van der Waals surface area contributed by atoms with E-state index >= 15 is 0 Å². The van der Waals surface area contributed by atoms with Gasteiger partial charge in [-0.05, 0) is 22.9 Å². The zero-order valence-electron chi connectivity index (χ0n) is 10.9. The molecule has 0 saturated heterocycles. The highest BCUT2D eigenvalue weighted by Crippen LogP contribution is 2.20. The fourth-order valence-electron chi connectivity index (χ4n) is 1.65. The van der Waals surface area contributed by atoms with E-state index in [-0.39, 0.29) is 5.78 Å². The molecule has 4 nitrogen and oxygen atoms in total. The third-order valence-electron chi connectivity index (χ3n) is 2.58. The average Bonchev–Trinajstić information content (AvgIpc) is 2.44. The Morgan fingerprint density at radius 2 is 2.18 bits per heavy atom. The molecule has 1 rings (SSSR count). The minimum absolute atomic E-state index is 0.238. The Balaban J connectivity index is 2.51. The van der Waals surface area contributed by atoms with Crippen LogP contribution in [-0.4, -0.2) is 28.2 Å². The lowest BCUT2D eigenvalue weighted by Crippen LogP contribution is -2.26. The van der Waals surface area contributed by atoms with Gasteiger partial charge in [0, 0.05) is 32.5 Å². The number of aryl methyl sites for hydroxylation is 2. The van der Waals surface area contributed by atoms with Crippen molar-refractivity contribution >= 4 is 21.7 Å². The van der Waals surface area contributed by atoms with Gasteiger partial charge < -0.3 is 5.32 Å². The number of aromatic nitrogens is 2. The maximum absolute atomic E-state index is 11.8. The van der Waals surface area contributed by atoms with Crippen LogP contribution in [0.2, 0.25) is 0 Å². The van der Waals surface area contributed by atoms with Crippen molar-refractivity contribution in [2.45, 2.75) is 39.7 Å². The monoisotopic (exact) mass is 301 g/mol. The number of hydrogen-bond donors (Lipinski definition) is 1. The minimum atomic E-state index is 0.238. The second kappa shape index (κ2) is 6.31. The molecule has 0 aliphatic rings. The summed E-state index contributed by atoms with van der Waals surface area (Å²) in [6, 6.07) is 0.425. The van der Waals surface area contributed by atoms with E-state index in [1.807, 2.05) is 14.0 Å². The zero-order chi connectivity index (χ0) is 13.0. The number of carbonyl (C=O) groups excluding carboxylic acids is 1. The van der Waals surface area contributed by atoms with E-state index in [4.69, 9.17) is 0 Å². The number of hydrogen-bond acceptors (Lipinski definition) is 3. The molecule has 1 aromatic heterocycles. The third-order valence-corrected chi connectivity index (χ3v) is 3.61. The second-order valence-electron chi connectivity index (χ2n) is 4.54. The van der Waals surface area contributed by atoms with Crippen molar-refractivity contribution in [3.63, 3.8) is 0 Å². The Kier molecular flexibility index (Phi) is 5.33. The predicted octanol–water partition coefficient (Wildman–Crippen LogP) is 1.99. The lowest BCUT2D eigenvalue weighted by Gasteiger charge is -2.07. The molecule has 0 amide bonds. The SMILES string of the molecule is Cc1nn(C)c(CC(=O)CCNC(C)C)c1Br. The summed E-state index contributed by atoms with van der Waals surface area (Å²) in [6.45, 7) is 6.82. The number of rotatable bonds is 6. The number of Topliss-reactive ketones (excluding diaryl/α,β-unsaturated/α-hetero) is 1. The van der Waals surface area contributed by atoms with Crippen molar-refractivity contribution in [1.82, 2.24) is 15.1 Å². The molecule has 1 N–H and O–H groups in total. The van der Waals surface area contributed by atoms with Crippen LogP contribution in [-0.2, 0) is 18.3 Å². The number of ketones is 1. The third kappa shape index (κ3) is 4.24. The lowest BCUT2D eigenvalue weighted by molar-refractivity contribution is -0.118. The van der Waals surface area contributed by atoms with Gasteiger partial charge in [0.25, 0.3) is 0 Å². The van der Waals surface area contributed by atoms with E-state index in [1.54, 1.807) is 4.68 Å². The van der Waals surface area contributed by atoms with Crippen molar-refractivity contribution in [2.24, 2.45) is 7.05 Å². The normalized spacial score (nSPS) is 11.2. The molecular weight excluding hydrogens is 282 g/mol. The fourth-order valence-corrected chi connectivity index (χ4v) is 2.12. The summed E-state index contributed by atoms with van der Waals surface area (Å²) in [6.07, 6.45) is 1.01. The van der Waals surface area contributed by atoms with E-state index in [0.717, 1.165) is 22.4 Å². The van der Waals surface area contributed by atoms with Gasteiger partial charge in [-0.15, -0.1) is 0 Å². The minimum Gasteiger partial charge on any atom is -0.314 e. The standard InChI is InChI=1S/C12H20BrN3O/c1-8(2)14-6-5-10(17)7-11-12(13)9(3)15-16(11)4/h8,14H,5-7H2,1-4H3. The summed E-state index contributed by atoms with van der Waals surface area (Å²) in [5.41, 5.74) is 1.88. The van der Waals surface area contributed by atoms with Crippen LogP contribution in [0.4, 0.5) is 0 Å². The van der Waals surface area contributed by atoms with Gasteiger partial charge >= 0.3 is 0 Å². The topological polar surface area (TPSA) is 46.9 Å². The first-order chi connectivity index (χ1) is 7.91. The average molecular weight is 302 g/mol. The smallest absolute Gasteiger partial charge is 0.140 e. The maximum atomic E-state index is 11.8. The molecule has 0 unspecified atom stereocenters. The second-order valence-corrected chi connectivity index (χ2v) is 5.34. The summed E-state index contributed by atoms with van der Waals surface area (Å²) in [5.74, 6) is 0.238. The molecule has 0 atom stereocenters. The van der Waals surface area contributed by atoms with Gasteiger partial charge in [-0.2, -0.15) is 5.10 Å². The molecule has 96 valence electrons. The Bertz CT molecular complexity index is 399. The summed E-state index contributed by atoms with van der Waals surface area (Å²) in [4.78, 5) is 11.8. The molecular formula is C12H20BrN3O. The van der Waals surface area contributed by atoms with Gasteiger partial charge in [0.05, 0.1) is 15.9 Å². The summed E-state index contributed by atoms with van der Waals surface area (Å²) in [7, 11) is 1.87. The Labute approximate surface area is 111 Å². The number of nitrogens with zero attached hydrogens (tertiary/aromatic N) is 2. The molecule has 0 radical (unpaired) electrons. The van der Waals surface area contributed by atoms with Crippen molar-refractivity contribution in [1.29, 1.82) is 0 Å². The zero-order valence-corrected chi connectivity index (χ0v) is 12.5. The molecule has 17 heavy (non-hydrogen) atoms. The van der Waals surface area contributed by atoms with Crippen LogP contribution in [0.25, 0.3) is 0 Å². The van der Waals surface area contributed by atoms with Crippen LogP contribution < -0.4 is 5.32 Å². The molecule has 1 aromatic rings. The van der Waals surface area contributed by atoms with Gasteiger partial charge in [-0.3, -0.25) is 9.48 Å². The molecule has 0 saturated carbocycles. The molecule has 0 fully saturated rings. The van der Waals surface area contributed by atoms with E-state index in [0.29, 0.717) is 18.9 Å². The quantitative estimate of drug-likeness (QED) is 0.874. The first kappa shape index (κ1) is 14.4. The highest BCUT2D eigenvalue weighted by atomic mass is 79.9. The van der Waals surface area contributed by atoms with Gasteiger partial charge in [-0.25, -0.2) is 0 Å². The van der Waals surface area contributed by atoms with Crippen molar-refractivity contribution in [3.8, 4) is 0 Å². The van der Waals surface area contributed by atoms with Crippen LogP contribution in [0.5, 0.6) is 0 Å². The highest BCUT2D eigenvalue weighted by Gasteiger charge is 2.14. The molecule has 0 spiro atoms. The van der Waals surface area contributed by atoms with E-state index in [2.05, 4.69) is 40.2 Å². The van der Waals surface area contributed by atoms with E-state index < -0.39 is 0 Å². The van der Waals surface area contributed by atoms with E-state index in [9.17, 15) is 4.79 Å². The summed E-state index contributed by atoms with van der Waals surface area (Å²) < 4.78 is 2.72. The Hall–Kier alpha value is -0.680. The first-order valence-electron chi connectivity index (χ1n) is 5.85. The molecule has 0 aromatic carbocycles. The Morgan fingerprint density at radius 1 is 1.53 bits per heavy atom. The highest BCUT2D eigenvalue weighted by molar-refractivity contribution is 9.10. The Morgan fingerprint density at radius 3 is 2.65 bits per heavy atom. The number of halogens is 1. The first-order valence-corrected chi connectivity index (χ1v) is 6.64. The van der Waals surface area contributed by atoms with Crippen molar-refractivity contribution < 1.29 is 4.79 Å². The summed E-state index contributed by atoms with van der Waals surface area (Å²) in [5, 5.41) is 7.52. The maximum Gasteiger partial charge on any atom is 0.140 e. The van der Waals surface area contributed by atoms with Gasteiger partial charge in [0.1, 0.15) is 5.78 Å². The molecule has 0 aliphatic carbocycles. The molecule has 0 aliphatic heterocycles. The molecule has 1 heterocycles. The summed E-state index contributed by atoms with van der Waals surface area (Å²) >= 11 is 3.47. The molecule has 5 heteroatoms. The van der Waals surface area contributed by atoms with E-state index in [1.165, 1.54) is 0 Å². The largest absolute Gasteiger partial charge is 0.314 e. The van der Waals surface area contributed by atoms with Crippen molar-refractivity contribution in [3.05, 3.63) is 15.9 Å². The number of carbonyl (C=O) groups is 1. The van der Waals surface area contributed by atoms with Crippen LogP contribution in [0, 0.1) is 6.92 Å². The van der Waals surface area contributed by atoms with Crippen LogP contribution >= 0.6 is 15.9 Å². The predicted molar refractivity (Wildman–Crippen MR) is 72.1 cm³/mol. The van der Waals surface area contributed by atoms with Crippen molar-refractivity contribution in [2.75, 3.05) is 6.54 Å². The lowest BCUT2D eigenvalue weighted by atomic mass is 10.1. The van der Waals surface area contributed by atoms with Crippen LogP contribution in [0.1, 0.15) is 31.7 Å². The van der Waals surface area contributed by atoms with Crippen LogP contribution in [0.3, 0.4) is 0 Å². The fraction of sp³-hybridized carbons (Fsp3) is 0.667. The van der Waals surface area contributed by atoms with Gasteiger partial charge in [0.15, 0.2) is 0 Å². The van der Waals surface area contributed by atoms with Gasteiger partial charge in [-0.1, -0.05) is 13.8 Å². The van der Waals surface area contributed by atoms with Gasteiger partial charge in [0.2, 0.25) is 0 Å². The number of nitrogens with one attached hydrogen (secondary N) is 1. The molecule has 0 bridgehead atoms. The van der Waals surface area contributed by atoms with Crippen LogP contribution in [0.15, 0.2) is 4.47 Å².